The minimum atomic E-state index is 0.824. The highest BCUT2D eigenvalue weighted by Gasteiger charge is 2.50. The van der Waals surface area contributed by atoms with E-state index in [0.717, 1.165) is 41.4 Å². The summed E-state index contributed by atoms with van der Waals surface area (Å²) in [6.07, 6.45) is 34.1. The molecule has 5 aliphatic carbocycles. The number of rotatable bonds is 0. The summed E-state index contributed by atoms with van der Waals surface area (Å²) < 4.78 is 0. The Bertz CT molecular complexity index is 746. The van der Waals surface area contributed by atoms with Crippen LogP contribution in [0.25, 0.3) is 0 Å². The van der Waals surface area contributed by atoms with Gasteiger partial charge in [0.2, 0.25) is 0 Å². The molecule has 0 amide bonds. The monoisotopic (exact) mass is 463 g/mol. The molecule has 4 saturated carbocycles. The maximum atomic E-state index is 5.90. The number of hydrogen-bond acceptors (Lipinski definition) is 1. The molecule has 0 aromatic carbocycles. The Morgan fingerprint density at radius 3 is 1.74 bits per heavy atom. The van der Waals surface area contributed by atoms with Gasteiger partial charge in [-0.2, -0.15) is 0 Å². The number of allylic oxidation sites excluding steroid dienone is 2. The van der Waals surface area contributed by atoms with E-state index in [2.05, 4.69) is 0 Å². The van der Waals surface area contributed by atoms with Crippen LogP contribution in [-0.2, 0) is 0 Å². The van der Waals surface area contributed by atoms with Crippen LogP contribution in [0, 0.1) is 41.4 Å². The van der Waals surface area contributed by atoms with Gasteiger partial charge in [-0.15, -0.1) is 0 Å². The third-order valence-corrected chi connectivity index (χ3v) is 11.6. The van der Waals surface area contributed by atoms with E-state index in [1.54, 1.807) is 17.8 Å². The molecule has 4 fully saturated rings. The van der Waals surface area contributed by atoms with E-state index in [4.69, 9.17) is 4.99 Å². The summed E-state index contributed by atoms with van der Waals surface area (Å²) in [5, 5.41) is 0. The van der Waals surface area contributed by atoms with E-state index < -0.39 is 0 Å². The largest absolute Gasteiger partial charge is 0.262 e. The van der Waals surface area contributed by atoms with Gasteiger partial charge >= 0.3 is 0 Å². The molecule has 0 saturated heterocycles. The van der Waals surface area contributed by atoms with E-state index in [9.17, 15) is 0 Å². The highest BCUT2D eigenvalue weighted by molar-refractivity contribution is 5.90. The van der Waals surface area contributed by atoms with Crippen LogP contribution < -0.4 is 0 Å². The molecule has 6 rings (SSSR count). The molecule has 1 nitrogen and oxygen atoms in total. The van der Waals surface area contributed by atoms with Gasteiger partial charge in [-0.25, -0.2) is 0 Å². The molecule has 0 aromatic heterocycles. The fraction of sp³-hybridized carbons (Fsp3) is 0.909. The number of hydrogen-bond donors (Lipinski definition) is 0. The second kappa shape index (κ2) is 11.2. The Morgan fingerprint density at radius 1 is 0.441 bits per heavy atom. The Labute approximate surface area is 211 Å². The average Bonchev–Trinajstić information content (AvgIpc) is 3.19. The second-order valence-electron chi connectivity index (χ2n) is 13.5. The first kappa shape index (κ1) is 23.8. The lowest BCUT2D eigenvalue weighted by Crippen LogP contribution is -2.44. The van der Waals surface area contributed by atoms with Crippen molar-refractivity contribution in [1.82, 2.24) is 0 Å². The zero-order valence-electron chi connectivity index (χ0n) is 22.3. The van der Waals surface area contributed by atoms with Crippen molar-refractivity contribution in [3.8, 4) is 0 Å². The predicted octanol–water partition coefficient (Wildman–Crippen LogP) is 10.0. The molecule has 1 heterocycles. The Hall–Kier alpha value is -0.590. The molecule has 0 N–H and O–H groups in total. The molecule has 0 spiro atoms. The third-order valence-electron chi connectivity index (χ3n) is 11.6. The van der Waals surface area contributed by atoms with Gasteiger partial charge in [-0.3, -0.25) is 4.99 Å². The van der Waals surface area contributed by atoms with Crippen molar-refractivity contribution in [2.45, 2.75) is 148 Å². The lowest BCUT2D eigenvalue weighted by molar-refractivity contribution is 0.117. The predicted molar refractivity (Wildman–Crippen MR) is 145 cm³/mol. The van der Waals surface area contributed by atoms with Crippen molar-refractivity contribution in [2.75, 3.05) is 0 Å². The molecule has 34 heavy (non-hydrogen) atoms. The number of aliphatic imine (C=N–C) groups is 1. The molecular formula is C33H53N. The third kappa shape index (κ3) is 4.72. The quantitative estimate of drug-likeness (QED) is 0.339. The topological polar surface area (TPSA) is 12.4 Å². The molecule has 6 aliphatic rings. The van der Waals surface area contributed by atoms with Crippen molar-refractivity contribution >= 4 is 5.71 Å². The molecule has 1 heteroatoms. The summed E-state index contributed by atoms with van der Waals surface area (Å²) in [6.45, 7) is 0. The first-order valence-corrected chi connectivity index (χ1v) is 16.2. The summed E-state index contributed by atoms with van der Waals surface area (Å²) >= 11 is 0. The molecule has 7 atom stereocenters. The highest BCUT2D eigenvalue weighted by atomic mass is 14.8. The smallest absolute Gasteiger partial charge is 0.0434 e. The van der Waals surface area contributed by atoms with Crippen molar-refractivity contribution in [2.24, 2.45) is 46.4 Å². The molecule has 7 unspecified atom stereocenters. The van der Waals surface area contributed by atoms with Crippen LogP contribution in [0.2, 0.25) is 0 Å². The minimum Gasteiger partial charge on any atom is -0.262 e. The van der Waals surface area contributed by atoms with Crippen molar-refractivity contribution in [1.29, 1.82) is 0 Å². The lowest BCUT2D eigenvalue weighted by Gasteiger charge is -2.51. The first-order chi connectivity index (χ1) is 16.9. The van der Waals surface area contributed by atoms with Crippen LogP contribution >= 0.6 is 0 Å². The SMILES string of the molecule is C1CCCCC2C(CCC1)C1=C(N=C3CCCCCCC4CCCCC1C34)C1CCCCCC12. The van der Waals surface area contributed by atoms with Crippen molar-refractivity contribution in [3.05, 3.63) is 11.3 Å². The maximum Gasteiger partial charge on any atom is 0.0434 e. The van der Waals surface area contributed by atoms with Gasteiger partial charge in [-0.1, -0.05) is 89.9 Å². The minimum absolute atomic E-state index is 0.824. The van der Waals surface area contributed by atoms with E-state index in [0.29, 0.717) is 0 Å². The van der Waals surface area contributed by atoms with Gasteiger partial charge in [0.25, 0.3) is 0 Å². The van der Waals surface area contributed by atoms with Gasteiger partial charge in [0.05, 0.1) is 0 Å². The molecular weight excluding hydrogens is 410 g/mol. The molecule has 190 valence electrons. The van der Waals surface area contributed by atoms with E-state index in [1.165, 1.54) is 141 Å². The maximum absolute atomic E-state index is 5.90. The zero-order valence-corrected chi connectivity index (χ0v) is 22.3. The molecule has 0 aromatic rings. The van der Waals surface area contributed by atoms with E-state index in [-0.39, 0.29) is 0 Å². The fourth-order valence-electron chi connectivity index (χ4n) is 10.1. The van der Waals surface area contributed by atoms with Gasteiger partial charge < -0.3 is 0 Å². The van der Waals surface area contributed by atoms with Crippen molar-refractivity contribution in [3.63, 3.8) is 0 Å². The standard InChI is InChI=1S/C33H53N/c1-2-4-10-20-27-25(18-9-3-1)26-19-11-7-12-21-28(26)33-32(27)29-22-15-14-17-24-16-8-5-6-13-23-30(34-33)31(24)29/h24-29,31H,1-23H2. The van der Waals surface area contributed by atoms with Gasteiger partial charge in [0.1, 0.15) is 0 Å². The normalized spacial score (nSPS) is 42.1. The summed E-state index contributed by atoms with van der Waals surface area (Å²) in [6, 6.07) is 0. The Morgan fingerprint density at radius 2 is 0.941 bits per heavy atom. The summed E-state index contributed by atoms with van der Waals surface area (Å²) in [7, 11) is 0. The van der Waals surface area contributed by atoms with Crippen LogP contribution in [0.15, 0.2) is 16.3 Å². The second-order valence-corrected chi connectivity index (χ2v) is 13.5. The van der Waals surface area contributed by atoms with Gasteiger partial charge in [0.15, 0.2) is 0 Å². The fourth-order valence-corrected chi connectivity index (χ4v) is 10.1. The van der Waals surface area contributed by atoms with Crippen LogP contribution in [0.3, 0.4) is 0 Å². The zero-order chi connectivity index (χ0) is 22.7. The van der Waals surface area contributed by atoms with Crippen LogP contribution in [0.1, 0.15) is 148 Å². The van der Waals surface area contributed by atoms with Gasteiger partial charge in [-0.05, 0) is 93.0 Å². The Kier molecular flexibility index (Phi) is 7.84. The highest BCUT2D eigenvalue weighted by Crippen LogP contribution is 2.58. The van der Waals surface area contributed by atoms with E-state index >= 15 is 0 Å². The molecule has 1 aliphatic heterocycles. The van der Waals surface area contributed by atoms with Gasteiger partial charge in [0, 0.05) is 23.2 Å². The van der Waals surface area contributed by atoms with Crippen LogP contribution in [0.4, 0.5) is 0 Å². The van der Waals surface area contributed by atoms with Crippen LogP contribution in [0.5, 0.6) is 0 Å². The molecule has 0 radical (unpaired) electrons. The summed E-state index contributed by atoms with van der Waals surface area (Å²) in [4.78, 5) is 5.90. The lowest BCUT2D eigenvalue weighted by atomic mass is 9.55. The Balaban J connectivity index is 1.45. The molecule has 0 bridgehead atoms. The first-order valence-electron chi connectivity index (χ1n) is 16.2. The van der Waals surface area contributed by atoms with E-state index in [1.807, 2.05) is 5.57 Å². The number of nitrogens with zero attached hydrogens (tertiary/aromatic N) is 1. The summed E-state index contributed by atoms with van der Waals surface area (Å²) in [5.41, 5.74) is 5.47. The van der Waals surface area contributed by atoms with Crippen molar-refractivity contribution < 1.29 is 0 Å². The van der Waals surface area contributed by atoms with Crippen LogP contribution in [-0.4, -0.2) is 5.71 Å². The number of fused-ring (bicyclic) bond motifs is 6. The average molecular weight is 464 g/mol. The summed E-state index contributed by atoms with van der Waals surface area (Å²) in [5.74, 6) is 6.34.